The fourth-order valence-electron chi connectivity index (χ4n) is 2.76. The first-order chi connectivity index (χ1) is 14.5. The minimum atomic E-state index is -0.512. The van der Waals surface area contributed by atoms with E-state index in [1.165, 1.54) is 18.9 Å². The van der Waals surface area contributed by atoms with E-state index < -0.39 is 5.97 Å². The molecule has 0 fully saturated rings. The first-order valence-corrected chi connectivity index (χ1v) is 10.5. The number of para-hydroxylation sites is 1. The van der Waals surface area contributed by atoms with Crippen molar-refractivity contribution < 1.29 is 19.1 Å². The van der Waals surface area contributed by atoms with Gasteiger partial charge in [0, 0.05) is 17.1 Å². The lowest BCUT2D eigenvalue weighted by molar-refractivity contribution is -0.139. The number of halogens is 1. The highest BCUT2D eigenvalue weighted by molar-refractivity contribution is 7.99. The van der Waals surface area contributed by atoms with Crippen molar-refractivity contribution in [3.8, 4) is 17.1 Å². The Morgan fingerprint density at radius 3 is 2.53 bits per heavy atom. The van der Waals surface area contributed by atoms with E-state index in [-0.39, 0.29) is 18.1 Å². The second-order valence-electron chi connectivity index (χ2n) is 6.13. The Balaban J connectivity index is 1.58. The predicted molar refractivity (Wildman–Crippen MR) is 115 cm³/mol. The largest absolute Gasteiger partial charge is 0.496 e. The topological polar surface area (TPSA) is 83.3 Å². The molecule has 1 heterocycles. The van der Waals surface area contributed by atoms with Crippen LogP contribution in [0.25, 0.3) is 11.4 Å². The number of ether oxygens (including phenoxy) is 2. The fourth-order valence-corrected chi connectivity index (χ4v) is 3.68. The van der Waals surface area contributed by atoms with Crippen molar-refractivity contribution in [3.05, 3.63) is 59.1 Å². The molecule has 30 heavy (non-hydrogen) atoms. The van der Waals surface area contributed by atoms with Crippen molar-refractivity contribution in [2.45, 2.75) is 18.6 Å². The summed E-state index contributed by atoms with van der Waals surface area (Å²) in [6.45, 7) is 2.25. The van der Waals surface area contributed by atoms with Crippen molar-refractivity contribution in [3.63, 3.8) is 0 Å². The summed E-state index contributed by atoms with van der Waals surface area (Å²) in [5.74, 6) is 0.308. The average Bonchev–Trinajstić information content (AvgIpc) is 3.19. The third-order valence-corrected chi connectivity index (χ3v) is 5.42. The monoisotopic (exact) mass is 445 g/mol. The van der Waals surface area contributed by atoms with Crippen LogP contribution in [0.5, 0.6) is 5.75 Å². The van der Waals surface area contributed by atoms with E-state index in [0.29, 0.717) is 33.9 Å². The number of benzene rings is 2. The van der Waals surface area contributed by atoms with Crippen LogP contribution in [0, 0.1) is 0 Å². The molecule has 0 N–H and O–H groups in total. The van der Waals surface area contributed by atoms with Gasteiger partial charge in [0.15, 0.2) is 17.6 Å². The Morgan fingerprint density at radius 2 is 1.83 bits per heavy atom. The number of hydrogen-bond acceptors (Lipinski definition) is 7. The molecule has 7 nitrogen and oxygen atoms in total. The van der Waals surface area contributed by atoms with Gasteiger partial charge < -0.3 is 14.0 Å². The molecule has 3 rings (SSSR count). The van der Waals surface area contributed by atoms with Gasteiger partial charge in [-0.1, -0.05) is 35.5 Å². The number of rotatable bonds is 9. The quantitative estimate of drug-likeness (QED) is 0.278. The van der Waals surface area contributed by atoms with E-state index in [1.54, 1.807) is 36.4 Å². The highest BCUT2D eigenvalue weighted by Crippen LogP contribution is 2.25. The zero-order valence-corrected chi connectivity index (χ0v) is 18.1. The molecular formula is C21H20ClN3O4S. The maximum absolute atomic E-state index is 12.3. The van der Waals surface area contributed by atoms with E-state index in [0.717, 1.165) is 5.56 Å². The van der Waals surface area contributed by atoms with Gasteiger partial charge in [-0.05, 0) is 43.3 Å². The van der Waals surface area contributed by atoms with Gasteiger partial charge in [0.2, 0.25) is 5.78 Å². The molecule has 9 heteroatoms. The van der Waals surface area contributed by atoms with Crippen LogP contribution in [0.1, 0.15) is 17.3 Å². The van der Waals surface area contributed by atoms with E-state index >= 15 is 0 Å². The number of ketones is 1. The number of esters is 1. The molecular weight excluding hydrogens is 426 g/mol. The number of aromatic nitrogens is 3. The van der Waals surface area contributed by atoms with E-state index in [2.05, 4.69) is 10.2 Å². The van der Waals surface area contributed by atoms with Gasteiger partial charge in [-0.25, -0.2) is 0 Å². The maximum Gasteiger partial charge on any atom is 0.316 e. The average molecular weight is 446 g/mol. The lowest BCUT2D eigenvalue weighted by Gasteiger charge is -2.09. The van der Waals surface area contributed by atoms with Crippen LogP contribution < -0.4 is 4.74 Å². The van der Waals surface area contributed by atoms with Crippen LogP contribution in [0.4, 0.5) is 0 Å². The van der Waals surface area contributed by atoms with E-state index in [9.17, 15) is 9.59 Å². The molecule has 0 atom stereocenters. The summed E-state index contributed by atoms with van der Waals surface area (Å²) in [6, 6.07) is 14.1. The Bertz CT molecular complexity index is 1040. The van der Waals surface area contributed by atoms with Crippen molar-refractivity contribution in [2.75, 3.05) is 19.5 Å². The van der Waals surface area contributed by atoms with Gasteiger partial charge in [-0.15, -0.1) is 10.2 Å². The molecule has 0 saturated heterocycles. The van der Waals surface area contributed by atoms with Gasteiger partial charge in [-0.3, -0.25) is 9.59 Å². The van der Waals surface area contributed by atoms with Crippen molar-refractivity contribution in [1.29, 1.82) is 0 Å². The first-order valence-electron chi connectivity index (χ1n) is 9.17. The van der Waals surface area contributed by atoms with Crippen LogP contribution in [0.2, 0.25) is 5.02 Å². The van der Waals surface area contributed by atoms with Crippen LogP contribution in [-0.2, 0) is 16.1 Å². The molecule has 0 spiro atoms. The van der Waals surface area contributed by atoms with E-state index in [4.69, 9.17) is 21.1 Å². The first kappa shape index (κ1) is 21.9. The Kier molecular flexibility index (Phi) is 7.48. The lowest BCUT2D eigenvalue weighted by atomic mass is 10.1. The molecule has 0 aliphatic heterocycles. The van der Waals surface area contributed by atoms with Crippen molar-refractivity contribution >= 4 is 35.1 Å². The van der Waals surface area contributed by atoms with Gasteiger partial charge in [-0.2, -0.15) is 0 Å². The second-order valence-corrected chi connectivity index (χ2v) is 7.51. The molecule has 1 aromatic heterocycles. The summed E-state index contributed by atoms with van der Waals surface area (Å²) in [7, 11) is 1.48. The number of nitrogens with zero attached hydrogens (tertiary/aromatic N) is 3. The number of methoxy groups -OCH3 is 1. The molecule has 0 radical (unpaired) electrons. The second kappa shape index (κ2) is 10.3. The molecule has 3 aromatic rings. The molecule has 0 bridgehead atoms. The lowest BCUT2D eigenvalue weighted by Crippen LogP contribution is -2.16. The number of Topliss-reactive ketones (excluding diaryl/α,β-unsaturated/α-hetero) is 1. The smallest absolute Gasteiger partial charge is 0.316 e. The highest BCUT2D eigenvalue weighted by atomic mass is 35.5. The van der Waals surface area contributed by atoms with Gasteiger partial charge in [0.1, 0.15) is 5.75 Å². The van der Waals surface area contributed by atoms with Gasteiger partial charge >= 0.3 is 5.97 Å². The number of thioether (sulfide) groups is 1. The summed E-state index contributed by atoms with van der Waals surface area (Å²) < 4.78 is 12.2. The third kappa shape index (κ3) is 5.20. The number of hydrogen-bond donors (Lipinski definition) is 0. The van der Waals surface area contributed by atoms with Crippen LogP contribution >= 0.6 is 23.4 Å². The molecule has 0 aliphatic rings. The number of carbonyl (C=O) groups is 2. The maximum atomic E-state index is 12.3. The molecule has 0 aliphatic carbocycles. The van der Waals surface area contributed by atoms with Crippen LogP contribution in [0.15, 0.2) is 53.7 Å². The summed E-state index contributed by atoms with van der Waals surface area (Å²) >= 11 is 7.15. The summed E-state index contributed by atoms with van der Waals surface area (Å²) in [5, 5.41) is 9.63. The highest BCUT2D eigenvalue weighted by Gasteiger charge is 2.17. The Morgan fingerprint density at radius 1 is 1.10 bits per heavy atom. The normalized spacial score (nSPS) is 10.6. The Labute approximate surface area is 183 Å². The molecule has 2 aromatic carbocycles. The summed E-state index contributed by atoms with van der Waals surface area (Å²) in [6.07, 6.45) is 0. The van der Waals surface area contributed by atoms with Crippen LogP contribution in [0.3, 0.4) is 0 Å². The SMILES string of the molecule is CCn1c(SCC(=O)OCC(=O)c2ccccc2OC)nnc1-c1ccc(Cl)cc1. The minimum absolute atomic E-state index is 0.0119. The van der Waals surface area contributed by atoms with Crippen molar-refractivity contribution in [2.24, 2.45) is 0 Å². The zero-order chi connectivity index (χ0) is 21.5. The van der Waals surface area contributed by atoms with Gasteiger partial charge in [0.25, 0.3) is 0 Å². The summed E-state index contributed by atoms with van der Waals surface area (Å²) in [5.41, 5.74) is 1.25. The van der Waals surface area contributed by atoms with Gasteiger partial charge in [0.05, 0.1) is 18.4 Å². The molecule has 0 amide bonds. The molecule has 156 valence electrons. The standard InChI is InChI=1S/C21H20ClN3O4S/c1-3-25-20(14-8-10-15(22)11-9-14)23-24-21(25)30-13-19(27)29-12-17(26)16-6-4-5-7-18(16)28-2/h4-11H,3,12-13H2,1-2H3. The fraction of sp³-hybridized carbons (Fsp3) is 0.238. The zero-order valence-electron chi connectivity index (χ0n) is 16.5. The number of carbonyl (C=O) groups excluding carboxylic acids is 2. The minimum Gasteiger partial charge on any atom is -0.496 e. The van der Waals surface area contributed by atoms with Crippen LogP contribution in [-0.4, -0.2) is 46.0 Å². The van der Waals surface area contributed by atoms with E-state index in [1.807, 2.05) is 23.6 Å². The molecule has 0 saturated carbocycles. The Hall–Kier alpha value is -2.84. The van der Waals surface area contributed by atoms with Crippen molar-refractivity contribution in [1.82, 2.24) is 14.8 Å². The molecule has 0 unspecified atom stereocenters. The summed E-state index contributed by atoms with van der Waals surface area (Å²) in [4.78, 5) is 24.4. The third-order valence-electron chi connectivity index (χ3n) is 4.23. The predicted octanol–water partition coefficient (Wildman–Crippen LogP) is 4.15.